The fourth-order valence-corrected chi connectivity index (χ4v) is 3.32. The fourth-order valence-electron chi connectivity index (χ4n) is 3.32. The molecule has 1 fully saturated rings. The Morgan fingerprint density at radius 1 is 1.12 bits per heavy atom. The van der Waals surface area contributed by atoms with Crippen molar-refractivity contribution in [3.8, 4) is 5.75 Å². The van der Waals surface area contributed by atoms with Crippen LogP contribution in [-0.4, -0.2) is 44.1 Å². The van der Waals surface area contributed by atoms with Crippen LogP contribution < -0.4 is 10.1 Å². The summed E-state index contributed by atoms with van der Waals surface area (Å²) in [6.07, 6.45) is 0.956. The van der Waals surface area contributed by atoms with Crippen molar-refractivity contribution < 1.29 is 9.53 Å². The standard InChI is InChI=1S/C20H24N2O2/c1-22-13-12-19(18(14-22)15-6-4-3-5-7-15)21-20(23)16-8-10-17(24-2)11-9-16/h3-11,18-19H,12-14H2,1-2H3,(H,21,23)/t18-,19-/m1/s1. The number of ether oxygens (including phenoxy) is 1. The molecular formula is C20H24N2O2. The van der Waals surface area contributed by atoms with Gasteiger partial charge in [-0.15, -0.1) is 0 Å². The summed E-state index contributed by atoms with van der Waals surface area (Å²) in [6.45, 7) is 1.95. The van der Waals surface area contributed by atoms with Crippen molar-refractivity contribution in [1.29, 1.82) is 0 Å². The van der Waals surface area contributed by atoms with Gasteiger partial charge < -0.3 is 15.0 Å². The Hall–Kier alpha value is -2.33. The molecule has 3 rings (SSSR count). The van der Waals surface area contributed by atoms with Crippen molar-refractivity contribution in [2.75, 3.05) is 27.2 Å². The van der Waals surface area contributed by atoms with E-state index in [2.05, 4.69) is 41.5 Å². The number of carbonyl (C=O) groups is 1. The lowest BCUT2D eigenvalue weighted by Crippen LogP contribution is -2.48. The summed E-state index contributed by atoms with van der Waals surface area (Å²) >= 11 is 0. The zero-order valence-corrected chi connectivity index (χ0v) is 14.2. The average Bonchev–Trinajstić information content (AvgIpc) is 2.64. The predicted molar refractivity (Wildman–Crippen MR) is 95.5 cm³/mol. The Labute approximate surface area is 143 Å². The third-order valence-corrected chi connectivity index (χ3v) is 4.71. The van der Waals surface area contributed by atoms with Crippen molar-refractivity contribution in [2.45, 2.75) is 18.4 Å². The van der Waals surface area contributed by atoms with E-state index in [0.29, 0.717) is 11.5 Å². The second kappa shape index (κ2) is 7.49. The predicted octanol–water partition coefficient (Wildman–Crippen LogP) is 2.91. The molecule has 4 nitrogen and oxygen atoms in total. The molecule has 1 amide bonds. The second-order valence-corrected chi connectivity index (χ2v) is 6.38. The van der Waals surface area contributed by atoms with Gasteiger partial charge >= 0.3 is 0 Å². The molecule has 0 saturated carbocycles. The quantitative estimate of drug-likeness (QED) is 0.940. The van der Waals surface area contributed by atoms with Gasteiger partial charge in [-0.1, -0.05) is 30.3 Å². The van der Waals surface area contributed by atoms with Crippen molar-refractivity contribution in [3.63, 3.8) is 0 Å². The summed E-state index contributed by atoms with van der Waals surface area (Å²) in [5, 5.41) is 3.24. The van der Waals surface area contributed by atoms with Gasteiger partial charge in [-0.05, 0) is 49.8 Å². The summed E-state index contributed by atoms with van der Waals surface area (Å²) in [7, 11) is 3.76. The lowest BCUT2D eigenvalue weighted by Gasteiger charge is -2.37. The third-order valence-electron chi connectivity index (χ3n) is 4.71. The van der Waals surface area contributed by atoms with E-state index in [4.69, 9.17) is 4.74 Å². The second-order valence-electron chi connectivity index (χ2n) is 6.38. The number of hydrogen-bond donors (Lipinski definition) is 1. The number of likely N-dealkylation sites (tertiary alicyclic amines) is 1. The van der Waals surface area contributed by atoms with Gasteiger partial charge in [0.2, 0.25) is 0 Å². The highest BCUT2D eigenvalue weighted by Crippen LogP contribution is 2.27. The van der Waals surface area contributed by atoms with E-state index in [0.717, 1.165) is 25.3 Å². The van der Waals surface area contributed by atoms with Gasteiger partial charge in [0.15, 0.2) is 0 Å². The molecule has 2 aromatic carbocycles. The van der Waals surface area contributed by atoms with E-state index in [1.165, 1.54) is 5.56 Å². The molecule has 1 N–H and O–H groups in total. The summed E-state index contributed by atoms with van der Waals surface area (Å²) in [5.74, 6) is 1.05. The molecule has 1 heterocycles. The van der Waals surface area contributed by atoms with Crippen LogP contribution in [-0.2, 0) is 0 Å². The highest BCUT2D eigenvalue weighted by Gasteiger charge is 2.30. The summed E-state index contributed by atoms with van der Waals surface area (Å²) in [4.78, 5) is 14.9. The van der Waals surface area contributed by atoms with Crippen LogP contribution >= 0.6 is 0 Å². The van der Waals surface area contributed by atoms with Crippen LogP contribution in [0.3, 0.4) is 0 Å². The van der Waals surface area contributed by atoms with Crippen LogP contribution in [0.15, 0.2) is 54.6 Å². The molecule has 1 saturated heterocycles. The molecule has 24 heavy (non-hydrogen) atoms. The number of amides is 1. The normalized spacial score (nSPS) is 21.2. The molecule has 0 aliphatic carbocycles. The molecule has 1 aliphatic rings. The van der Waals surface area contributed by atoms with Gasteiger partial charge in [0.05, 0.1) is 7.11 Å². The van der Waals surface area contributed by atoms with Crippen LogP contribution in [0.25, 0.3) is 0 Å². The highest BCUT2D eigenvalue weighted by atomic mass is 16.5. The smallest absolute Gasteiger partial charge is 0.251 e. The van der Waals surface area contributed by atoms with E-state index in [1.807, 2.05) is 18.2 Å². The minimum Gasteiger partial charge on any atom is -0.497 e. The molecule has 1 aliphatic heterocycles. The van der Waals surface area contributed by atoms with Crippen LogP contribution in [0.5, 0.6) is 5.75 Å². The van der Waals surface area contributed by atoms with Crippen molar-refractivity contribution in [3.05, 3.63) is 65.7 Å². The maximum atomic E-state index is 12.6. The van der Waals surface area contributed by atoms with Crippen molar-refractivity contribution in [1.82, 2.24) is 10.2 Å². The Morgan fingerprint density at radius 3 is 2.50 bits per heavy atom. The first-order chi connectivity index (χ1) is 11.7. The molecule has 2 aromatic rings. The molecule has 0 unspecified atom stereocenters. The third kappa shape index (κ3) is 3.77. The molecule has 0 spiro atoms. The average molecular weight is 324 g/mol. The number of benzene rings is 2. The van der Waals surface area contributed by atoms with Gasteiger partial charge in [0.25, 0.3) is 5.91 Å². The van der Waals surface area contributed by atoms with Crippen LogP contribution in [0, 0.1) is 0 Å². The molecule has 2 atom stereocenters. The van der Waals surface area contributed by atoms with Gasteiger partial charge in [0, 0.05) is 24.1 Å². The SMILES string of the molecule is COc1ccc(C(=O)N[C@@H]2CCN(C)C[C@@H]2c2ccccc2)cc1. The van der Waals surface area contributed by atoms with Crippen LogP contribution in [0.2, 0.25) is 0 Å². The summed E-state index contributed by atoms with van der Waals surface area (Å²) < 4.78 is 5.15. The lowest BCUT2D eigenvalue weighted by atomic mass is 9.86. The Bertz CT molecular complexity index is 670. The molecule has 126 valence electrons. The Balaban J connectivity index is 1.74. The molecule has 0 aromatic heterocycles. The van der Waals surface area contributed by atoms with E-state index in [-0.39, 0.29) is 11.9 Å². The largest absolute Gasteiger partial charge is 0.497 e. The zero-order chi connectivity index (χ0) is 16.9. The number of hydrogen-bond acceptors (Lipinski definition) is 3. The zero-order valence-electron chi connectivity index (χ0n) is 14.2. The summed E-state index contributed by atoms with van der Waals surface area (Å²) in [5.41, 5.74) is 1.95. The maximum absolute atomic E-state index is 12.6. The van der Waals surface area contributed by atoms with E-state index in [1.54, 1.807) is 19.2 Å². The molecule has 0 radical (unpaired) electrons. The first-order valence-electron chi connectivity index (χ1n) is 8.36. The van der Waals surface area contributed by atoms with Gasteiger partial charge in [-0.2, -0.15) is 0 Å². The van der Waals surface area contributed by atoms with E-state index in [9.17, 15) is 4.79 Å². The number of likely N-dealkylation sites (N-methyl/N-ethyl adjacent to an activating group) is 1. The monoisotopic (exact) mass is 324 g/mol. The lowest BCUT2D eigenvalue weighted by molar-refractivity contribution is 0.0904. The molecule has 4 heteroatoms. The topological polar surface area (TPSA) is 41.6 Å². The minimum absolute atomic E-state index is 0.0202. The van der Waals surface area contributed by atoms with Crippen molar-refractivity contribution in [2.24, 2.45) is 0 Å². The first kappa shape index (κ1) is 16.5. The van der Waals surface area contributed by atoms with Gasteiger partial charge in [-0.3, -0.25) is 4.79 Å². The fraction of sp³-hybridized carbons (Fsp3) is 0.350. The number of carbonyl (C=O) groups excluding carboxylic acids is 1. The molecule has 0 bridgehead atoms. The maximum Gasteiger partial charge on any atom is 0.251 e. The Morgan fingerprint density at radius 2 is 1.83 bits per heavy atom. The first-order valence-corrected chi connectivity index (χ1v) is 8.36. The number of nitrogens with zero attached hydrogens (tertiary/aromatic N) is 1. The van der Waals surface area contributed by atoms with Crippen LogP contribution in [0.1, 0.15) is 28.3 Å². The van der Waals surface area contributed by atoms with Gasteiger partial charge in [0.1, 0.15) is 5.75 Å². The van der Waals surface area contributed by atoms with Gasteiger partial charge in [-0.25, -0.2) is 0 Å². The van der Waals surface area contributed by atoms with Crippen LogP contribution in [0.4, 0.5) is 0 Å². The summed E-state index contributed by atoms with van der Waals surface area (Å²) in [6, 6.07) is 17.8. The highest BCUT2D eigenvalue weighted by molar-refractivity contribution is 5.94. The number of methoxy groups -OCH3 is 1. The van der Waals surface area contributed by atoms with E-state index >= 15 is 0 Å². The minimum atomic E-state index is -0.0202. The number of piperidine rings is 1. The number of rotatable bonds is 4. The van der Waals surface area contributed by atoms with Crippen molar-refractivity contribution >= 4 is 5.91 Å². The molecular weight excluding hydrogens is 300 g/mol. The van der Waals surface area contributed by atoms with E-state index < -0.39 is 0 Å². The Kier molecular flexibility index (Phi) is 5.16. The number of nitrogens with one attached hydrogen (secondary N) is 1.